The van der Waals surface area contributed by atoms with Crippen LogP contribution in [0.5, 0.6) is 5.75 Å². The minimum Gasteiger partial charge on any atom is -0.484 e. The second kappa shape index (κ2) is 10.4. The molecule has 0 unspecified atom stereocenters. The second-order valence-corrected chi connectivity index (χ2v) is 7.31. The van der Waals surface area contributed by atoms with E-state index in [1.807, 2.05) is 31.2 Å². The van der Waals surface area contributed by atoms with Crippen molar-refractivity contribution in [1.82, 2.24) is 5.43 Å². The van der Waals surface area contributed by atoms with Gasteiger partial charge in [-0.25, -0.2) is 5.43 Å². The van der Waals surface area contributed by atoms with E-state index in [4.69, 9.17) is 16.3 Å². The second-order valence-electron chi connectivity index (χ2n) is 6.88. The van der Waals surface area contributed by atoms with Crippen molar-refractivity contribution in [3.8, 4) is 5.75 Å². The molecule has 0 aromatic heterocycles. The third kappa shape index (κ3) is 6.69. The summed E-state index contributed by atoms with van der Waals surface area (Å²) in [5, 5.41) is 7.57. The van der Waals surface area contributed by atoms with Gasteiger partial charge in [-0.1, -0.05) is 41.4 Å². The van der Waals surface area contributed by atoms with Crippen LogP contribution in [0.4, 0.5) is 5.69 Å². The first-order valence-corrected chi connectivity index (χ1v) is 9.98. The third-order valence-corrected chi connectivity index (χ3v) is 4.64. The number of amides is 2. The van der Waals surface area contributed by atoms with Crippen molar-refractivity contribution >= 4 is 34.8 Å². The highest BCUT2D eigenvalue weighted by Crippen LogP contribution is 2.16. The molecule has 0 fully saturated rings. The van der Waals surface area contributed by atoms with E-state index < -0.39 is 5.91 Å². The Balaban J connectivity index is 1.57. The number of rotatable bonds is 7. The van der Waals surface area contributed by atoms with Crippen molar-refractivity contribution in [3.63, 3.8) is 0 Å². The Morgan fingerprint density at radius 2 is 1.68 bits per heavy atom. The zero-order valence-electron chi connectivity index (χ0n) is 17.2. The molecule has 0 aliphatic heterocycles. The van der Waals surface area contributed by atoms with E-state index in [2.05, 4.69) is 15.8 Å². The SMILES string of the molecule is CC(=NNC(=O)COc1ccc(Cl)cc1)c1cccc(NC(=O)c2ccc(C)cc2)c1. The van der Waals surface area contributed by atoms with Crippen LogP contribution < -0.4 is 15.5 Å². The average Bonchev–Trinajstić information content (AvgIpc) is 2.77. The Hall–Kier alpha value is -3.64. The number of hydrazone groups is 1. The van der Waals surface area contributed by atoms with E-state index in [-0.39, 0.29) is 12.5 Å². The molecule has 3 aromatic rings. The number of benzene rings is 3. The van der Waals surface area contributed by atoms with Crippen LogP contribution in [0, 0.1) is 6.92 Å². The number of nitrogens with zero attached hydrogens (tertiary/aromatic N) is 1. The van der Waals surface area contributed by atoms with Crippen LogP contribution in [0.1, 0.15) is 28.4 Å². The predicted molar refractivity (Wildman–Crippen MR) is 123 cm³/mol. The van der Waals surface area contributed by atoms with E-state index in [9.17, 15) is 9.59 Å². The number of carbonyl (C=O) groups excluding carboxylic acids is 2. The van der Waals surface area contributed by atoms with Crippen LogP contribution in [0.25, 0.3) is 0 Å². The summed E-state index contributed by atoms with van der Waals surface area (Å²) < 4.78 is 5.39. The van der Waals surface area contributed by atoms with Crippen LogP contribution in [0.2, 0.25) is 5.02 Å². The first-order chi connectivity index (χ1) is 14.9. The predicted octanol–water partition coefficient (Wildman–Crippen LogP) is 4.82. The largest absolute Gasteiger partial charge is 0.484 e. The topological polar surface area (TPSA) is 79.8 Å². The molecule has 0 aliphatic carbocycles. The van der Waals surface area contributed by atoms with Gasteiger partial charge in [0.1, 0.15) is 5.75 Å². The number of ether oxygens (including phenoxy) is 1. The number of carbonyl (C=O) groups is 2. The number of aryl methyl sites for hydroxylation is 1. The normalized spacial score (nSPS) is 11.0. The minimum absolute atomic E-state index is 0.176. The molecule has 2 N–H and O–H groups in total. The van der Waals surface area contributed by atoms with Gasteiger partial charge in [0, 0.05) is 16.3 Å². The van der Waals surface area contributed by atoms with Crippen LogP contribution in [0.3, 0.4) is 0 Å². The van der Waals surface area contributed by atoms with E-state index >= 15 is 0 Å². The molecule has 0 saturated heterocycles. The van der Waals surface area contributed by atoms with Gasteiger partial charge in [0.2, 0.25) is 0 Å². The van der Waals surface area contributed by atoms with Gasteiger partial charge >= 0.3 is 0 Å². The fourth-order valence-electron chi connectivity index (χ4n) is 2.65. The zero-order chi connectivity index (χ0) is 22.2. The summed E-state index contributed by atoms with van der Waals surface area (Å²) in [7, 11) is 0. The first kappa shape index (κ1) is 22.1. The summed E-state index contributed by atoms with van der Waals surface area (Å²) in [4.78, 5) is 24.4. The summed E-state index contributed by atoms with van der Waals surface area (Å²) >= 11 is 5.82. The summed E-state index contributed by atoms with van der Waals surface area (Å²) in [5.41, 5.74) is 6.12. The highest BCUT2D eigenvalue weighted by Gasteiger charge is 2.08. The van der Waals surface area contributed by atoms with Crippen LogP contribution in [-0.2, 0) is 4.79 Å². The lowest BCUT2D eigenvalue weighted by molar-refractivity contribution is -0.123. The molecular formula is C24H22ClN3O3. The summed E-state index contributed by atoms with van der Waals surface area (Å²) in [5.74, 6) is -0.0465. The molecule has 2 amide bonds. The smallest absolute Gasteiger partial charge is 0.277 e. The van der Waals surface area contributed by atoms with Crippen molar-refractivity contribution in [2.75, 3.05) is 11.9 Å². The molecule has 31 heavy (non-hydrogen) atoms. The Bertz CT molecular complexity index is 1090. The lowest BCUT2D eigenvalue weighted by Crippen LogP contribution is -2.25. The highest BCUT2D eigenvalue weighted by molar-refractivity contribution is 6.30. The van der Waals surface area contributed by atoms with Gasteiger partial charge in [-0.05, 0) is 67.9 Å². The Morgan fingerprint density at radius 1 is 0.968 bits per heavy atom. The molecule has 7 heteroatoms. The molecule has 0 radical (unpaired) electrons. The lowest BCUT2D eigenvalue weighted by Gasteiger charge is -2.08. The molecule has 158 valence electrons. The van der Waals surface area contributed by atoms with Crippen molar-refractivity contribution < 1.29 is 14.3 Å². The molecule has 3 rings (SSSR count). The van der Waals surface area contributed by atoms with Crippen LogP contribution >= 0.6 is 11.6 Å². The fraction of sp³-hybridized carbons (Fsp3) is 0.125. The van der Waals surface area contributed by atoms with Crippen molar-refractivity contribution in [2.24, 2.45) is 5.10 Å². The number of anilines is 1. The molecular weight excluding hydrogens is 414 g/mol. The fourth-order valence-corrected chi connectivity index (χ4v) is 2.78. The number of hydrogen-bond donors (Lipinski definition) is 2. The maximum absolute atomic E-state index is 12.4. The first-order valence-electron chi connectivity index (χ1n) is 9.60. The van der Waals surface area contributed by atoms with Crippen LogP contribution in [0.15, 0.2) is 77.9 Å². The van der Waals surface area contributed by atoms with Crippen molar-refractivity contribution in [1.29, 1.82) is 0 Å². The molecule has 0 saturated carbocycles. The van der Waals surface area contributed by atoms with Gasteiger partial charge in [0.15, 0.2) is 6.61 Å². The van der Waals surface area contributed by atoms with Gasteiger partial charge in [0.25, 0.3) is 11.8 Å². The molecule has 0 heterocycles. The molecule has 0 bridgehead atoms. The molecule has 0 spiro atoms. The minimum atomic E-state index is -0.391. The number of halogens is 1. The van der Waals surface area contributed by atoms with E-state index in [0.717, 1.165) is 11.1 Å². The van der Waals surface area contributed by atoms with Crippen LogP contribution in [-0.4, -0.2) is 24.1 Å². The van der Waals surface area contributed by atoms with Crippen molar-refractivity contribution in [3.05, 3.63) is 94.5 Å². The van der Waals surface area contributed by atoms with Gasteiger partial charge in [-0.2, -0.15) is 5.10 Å². The molecule has 3 aromatic carbocycles. The van der Waals surface area contributed by atoms with Gasteiger partial charge in [0.05, 0.1) is 5.71 Å². The average molecular weight is 436 g/mol. The summed E-state index contributed by atoms with van der Waals surface area (Å²) in [6, 6.07) is 21.3. The maximum atomic E-state index is 12.4. The van der Waals surface area contributed by atoms with E-state index in [1.165, 1.54) is 0 Å². The summed E-state index contributed by atoms with van der Waals surface area (Å²) in [6.07, 6.45) is 0. The van der Waals surface area contributed by atoms with Gasteiger partial charge in [-0.15, -0.1) is 0 Å². The summed E-state index contributed by atoms with van der Waals surface area (Å²) in [6.45, 7) is 3.56. The maximum Gasteiger partial charge on any atom is 0.277 e. The Morgan fingerprint density at radius 3 is 2.39 bits per heavy atom. The monoisotopic (exact) mass is 435 g/mol. The van der Waals surface area contributed by atoms with E-state index in [0.29, 0.717) is 27.7 Å². The van der Waals surface area contributed by atoms with Crippen molar-refractivity contribution in [2.45, 2.75) is 13.8 Å². The third-order valence-electron chi connectivity index (χ3n) is 4.38. The number of nitrogens with one attached hydrogen (secondary N) is 2. The lowest BCUT2D eigenvalue weighted by atomic mass is 10.1. The molecule has 0 aliphatic rings. The van der Waals surface area contributed by atoms with E-state index in [1.54, 1.807) is 55.5 Å². The number of hydrogen-bond acceptors (Lipinski definition) is 4. The molecule has 0 atom stereocenters. The van der Waals surface area contributed by atoms with Gasteiger partial charge < -0.3 is 10.1 Å². The zero-order valence-corrected chi connectivity index (χ0v) is 17.9. The molecule has 6 nitrogen and oxygen atoms in total. The standard InChI is InChI=1S/C24H22ClN3O3/c1-16-6-8-18(9-7-16)24(30)26-21-5-3-4-19(14-21)17(2)27-28-23(29)15-31-22-12-10-20(25)11-13-22/h3-14H,15H2,1-2H3,(H,26,30)(H,28,29). The Kier molecular flexibility index (Phi) is 7.40. The quantitative estimate of drug-likeness (QED) is 0.412. The highest BCUT2D eigenvalue weighted by atomic mass is 35.5. The van der Waals surface area contributed by atoms with Gasteiger partial charge in [-0.3, -0.25) is 9.59 Å². The Labute approximate surface area is 185 Å².